The maximum Gasteiger partial charge on any atom is 0.291 e. The van der Waals surface area contributed by atoms with Crippen LogP contribution >= 0.6 is 0 Å². The molecule has 3 aromatic carbocycles. The predicted molar refractivity (Wildman–Crippen MR) is 132 cm³/mol. The Bertz CT molecular complexity index is 1280. The smallest absolute Gasteiger partial charge is 0.291 e. The highest BCUT2D eigenvalue weighted by Crippen LogP contribution is 2.33. The lowest BCUT2D eigenvalue weighted by Gasteiger charge is -2.21. The Morgan fingerprint density at radius 2 is 1.80 bits per heavy atom. The van der Waals surface area contributed by atoms with E-state index in [0.717, 1.165) is 5.56 Å². The van der Waals surface area contributed by atoms with Gasteiger partial charge < -0.3 is 29.6 Å². The molecule has 1 aliphatic heterocycles. The van der Waals surface area contributed by atoms with Gasteiger partial charge in [-0.25, -0.2) is 0 Å². The molecule has 35 heavy (non-hydrogen) atoms. The van der Waals surface area contributed by atoms with Crippen molar-refractivity contribution in [1.29, 1.82) is 0 Å². The van der Waals surface area contributed by atoms with Gasteiger partial charge in [0.05, 0.1) is 26.5 Å². The minimum Gasteiger partial charge on any atom is -0.496 e. The maximum atomic E-state index is 12.7. The number of hydrogen-bond acceptors (Lipinski definition) is 6. The number of hydrogen-bond donors (Lipinski definition) is 2. The average Bonchev–Trinajstić information content (AvgIpc) is 2.88. The third kappa shape index (κ3) is 5.38. The van der Waals surface area contributed by atoms with E-state index in [1.165, 1.54) is 0 Å². The summed E-state index contributed by atoms with van der Waals surface area (Å²) < 4.78 is 22.0. The molecule has 0 aromatic heterocycles. The Kier molecular flexibility index (Phi) is 7.21. The fourth-order valence-electron chi connectivity index (χ4n) is 3.61. The molecular weight excluding hydrogens is 448 g/mol. The fraction of sp³-hybridized carbons (Fsp3) is 0.185. The lowest BCUT2D eigenvalue weighted by Crippen LogP contribution is -2.25. The highest BCUT2D eigenvalue weighted by molar-refractivity contribution is 6.09. The second kappa shape index (κ2) is 10.6. The van der Waals surface area contributed by atoms with Gasteiger partial charge in [-0.1, -0.05) is 24.3 Å². The van der Waals surface area contributed by atoms with Gasteiger partial charge in [0, 0.05) is 17.7 Å². The molecule has 2 N–H and O–H groups in total. The summed E-state index contributed by atoms with van der Waals surface area (Å²) >= 11 is 0. The van der Waals surface area contributed by atoms with Gasteiger partial charge in [0.25, 0.3) is 11.8 Å². The number of carbonyl (C=O) groups is 2. The monoisotopic (exact) mass is 474 g/mol. The summed E-state index contributed by atoms with van der Waals surface area (Å²) in [7, 11) is 3.13. The molecule has 0 atom stereocenters. The zero-order valence-electron chi connectivity index (χ0n) is 19.7. The molecule has 8 nitrogen and oxygen atoms in total. The van der Waals surface area contributed by atoms with Crippen molar-refractivity contribution in [1.82, 2.24) is 5.32 Å². The largest absolute Gasteiger partial charge is 0.496 e. The number of rotatable bonds is 8. The number of anilines is 1. The fourth-order valence-corrected chi connectivity index (χ4v) is 3.61. The number of amides is 2. The molecule has 0 saturated heterocycles. The van der Waals surface area contributed by atoms with Crippen molar-refractivity contribution >= 4 is 23.6 Å². The Morgan fingerprint density at radius 3 is 2.57 bits per heavy atom. The van der Waals surface area contributed by atoms with Crippen molar-refractivity contribution in [3.05, 3.63) is 83.1 Å². The standard InChI is InChI=1S/C27H26N2O6/c1-4-34-23-11-9-17(13-24(23)33-3)16-28-26(30)19-10-12-22-20(14-19)29-27(31)25(35-22)15-18-7-5-6-8-21(18)32-2/h5-15H,4,16H2,1-3H3,(H,28,30)(H,29,31). The zero-order chi connectivity index (χ0) is 24.8. The van der Waals surface area contributed by atoms with Crippen LogP contribution in [-0.4, -0.2) is 32.6 Å². The van der Waals surface area contributed by atoms with E-state index in [9.17, 15) is 9.59 Å². The molecule has 0 bridgehead atoms. The van der Waals surface area contributed by atoms with Gasteiger partial charge in [0.2, 0.25) is 0 Å². The van der Waals surface area contributed by atoms with E-state index < -0.39 is 5.91 Å². The van der Waals surface area contributed by atoms with Crippen LogP contribution in [0.3, 0.4) is 0 Å². The third-order valence-corrected chi connectivity index (χ3v) is 5.34. The van der Waals surface area contributed by atoms with Crippen molar-refractivity contribution in [3.8, 4) is 23.0 Å². The van der Waals surface area contributed by atoms with Gasteiger partial charge >= 0.3 is 0 Å². The normalized spacial score (nSPS) is 13.3. The molecule has 0 spiro atoms. The van der Waals surface area contributed by atoms with E-state index in [0.29, 0.717) is 53.0 Å². The van der Waals surface area contributed by atoms with Gasteiger partial charge in [-0.2, -0.15) is 0 Å². The minimum atomic E-state index is -0.414. The first-order valence-corrected chi connectivity index (χ1v) is 11.1. The van der Waals surface area contributed by atoms with Crippen LogP contribution in [0, 0.1) is 0 Å². The van der Waals surface area contributed by atoms with E-state index >= 15 is 0 Å². The van der Waals surface area contributed by atoms with Gasteiger partial charge in [0.15, 0.2) is 23.0 Å². The summed E-state index contributed by atoms with van der Waals surface area (Å²) in [4.78, 5) is 25.4. The predicted octanol–water partition coefficient (Wildman–Crippen LogP) is 4.40. The molecule has 180 valence electrons. The molecule has 4 rings (SSSR count). The van der Waals surface area contributed by atoms with Gasteiger partial charge in [-0.15, -0.1) is 0 Å². The molecule has 0 saturated carbocycles. The Balaban J connectivity index is 1.46. The molecule has 0 aliphatic carbocycles. The number of fused-ring (bicyclic) bond motifs is 1. The van der Waals surface area contributed by atoms with E-state index in [1.54, 1.807) is 44.6 Å². The summed E-state index contributed by atoms with van der Waals surface area (Å²) in [5.41, 5.74) is 2.38. The molecule has 0 radical (unpaired) electrons. The molecule has 0 unspecified atom stereocenters. The average molecular weight is 475 g/mol. The highest BCUT2D eigenvalue weighted by Gasteiger charge is 2.23. The van der Waals surface area contributed by atoms with Crippen LogP contribution in [-0.2, 0) is 11.3 Å². The number of benzene rings is 3. The molecule has 0 fully saturated rings. The summed E-state index contributed by atoms with van der Waals surface area (Å²) in [6.45, 7) is 2.73. The van der Waals surface area contributed by atoms with Gasteiger partial charge in [-0.05, 0) is 55.0 Å². The number of ether oxygens (including phenoxy) is 4. The second-order valence-corrected chi connectivity index (χ2v) is 7.62. The van der Waals surface area contributed by atoms with Crippen LogP contribution in [0.2, 0.25) is 0 Å². The van der Waals surface area contributed by atoms with Crippen molar-refractivity contribution in [2.24, 2.45) is 0 Å². The van der Waals surface area contributed by atoms with Crippen LogP contribution in [0.25, 0.3) is 6.08 Å². The lowest BCUT2D eigenvalue weighted by atomic mass is 10.1. The van der Waals surface area contributed by atoms with Crippen molar-refractivity contribution in [3.63, 3.8) is 0 Å². The van der Waals surface area contributed by atoms with E-state index in [4.69, 9.17) is 18.9 Å². The van der Waals surface area contributed by atoms with Crippen molar-refractivity contribution in [2.75, 3.05) is 26.1 Å². The Labute approximate surface area is 203 Å². The molecule has 2 amide bonds. The summed E-state index contributed by atoms with van der Waals surface area (Å²) in [6.07, 6.45) is 1.61. The first-order valence-electron chi connectivity index (χ1n) is 11.1. The maximum absolute atomic E-state index is 12.7. The Hall–Kier alpha value is -4.46. The third-order valence-electron chi connectivity index (χ3n) is 5.34. The number of nitrogens with one attached hydrogen (secondary N) is 2. The summed E-state index contributed by atoms with van der Waals surface area (Å²) in [5, 5.41) is 5.66. The summed E-state index contributed by atoms with van der Waals surface area (Å²) in [5.74, 6) is 1.74. The lowest BCUT2D eigenvalue weighted by molar-refractivity contribution is -0.115. The van der Waals surface area contributed by atoms with Crippen LogP contribution < -0.4 is 29.6 Å². The van der Waals surface area contributed by atoms with Gasteiger partial charge in [-0.3, -0.25) is 9.59 Å². The van der Waals surface area contributed by atoms with Crippen LogP contribution in [0.1, 0.15) is 28.4 Å². The molecule has 8 heteroatoms. The quantitative estimate of drug-likeness (QED) is 0.470. The molecule has 1 heterocycles. The van der Waals surface area contributed by atoms with Crippen LogP contribution in [0.5, 0.6) is 23.0 Å². The second-order valence-electron chi connectivity index (χ2n) is 7.62. The summed E-state index contributed by atoms with van der Waals surface area (Å²) in [6, 6.07) is 17.7. The van der Waals surface area contributed by atoms with Crippen LogP contribution in [0.15, 0.2) is 66.4 Å². The number of methoxy groups -OCH3 is 2. The highest BCUT2D eigenvalue weighted by atomic mass is 16.5. The number of carbonyl (C=O) groups excluding carboxylic acids is 2. The van der Waals surface area contributed by atoms with E-state index in [2.05, 4.69) is 10.6 Å². The van der Waals surface area contributed by atoms with Crippen LogP contribution in [0.4, 0.5) is 5.69 Å². The molecule has 3 aromatic rings. The van der Waals surface area contributed by atoms with E-state index in [1.807, 2.05) is 43.3 Å². The molecular formula is C27H26N2O6. The first kappa shape index (κ1) is 23.7. The molecule has 1 aliphatic rings. The van der Waals surface area contributed by atoms with E-state index in [-0.39, 0.29) is 11.7 Å². The Morgan fingerprint density at radius 1 is 1.00 bits per heavy atom. The SMILES string of the molecule is CCOc1ccc(CNC(=O)c2ccc3c(c2)NC(=O)C(=Cc2ccccc2OC)O3)cc1OC. The van der Waals surface area contributed by atoms with Gasteiger partial charge in [0.1, 0.15) is 5.75 Å². The minimum absolute atomic E-state index is 0.128. The first-order chi connectivity index (χ1) is 17.0. The number of para-hydroxylation sites is 1. The van der Waals surface area contributed by atoms with Crippen molar-refractivity contribution in [2.45, 2.75) is 13.5 Å². The topological polar surface area (TPSA) is 95.1 Å². The zero-order valence-corrected chi connectivity index (χ0v) is 19.7. The van der Waals surface area contributed by atoms with Crippen molar-refractivity contribution < 1.29 is 28.5 Å².